The molecular formula is C17H18S2Si. The molecule has 1 aromatic carbocycles. The molecular weight excluding hydrogens is 296 g/mol. The number of benzene rings is 1. The van der Waals surface area contributed by atoms with Crippen molar-refractivity contribution in [1.29, 1.82) is 0 Å². The van der Waals surface area contributed by atoms with Gasteiger partial charge in [-0.1, -0.05) is 56.0 Å². The quantitative estimate of drug-likeness (QED) is 0.545. The summed E-state index contributed by atoms with van der Waals surface area (Å²) in [5.74, 6) is 0. The first-order valence-electron chi connectivity index (χ1n) is 6.80. The molecule has 0 atom stereocenters. The molecule has 0 aliphatic heterocycles. The summed E-state index contributed by atoms with van der Waals surface area (Å²) in [4.78, 5) is 4.15. The van der Waals surface area contributed by atoms with Crippen LogP contribution in [0.15, 0.2) is 54.6 Å². The van der Waals surface area contributed by atoms with E-state index in [4.69, 9.17) is 0 Å². The largest absolute Gasteiger partial charge is 0.144 e. The molecule has 0 nitrogen and oxygen atoms in total. The monoisotopic (exact) mass is 314 g/mol. The molecule has 102 valence electrons. The number of hydrogen-bond acceptors (Lipinski definition) is 2. The highest BCUT2D eigenvalue weighted by atomic mass is 32.1. The first kappa shape index (κ1) is 13.8. The maximum Gasteiger partial charge on any atom is 0.0904 e. The minimum absolute atomic E-state index is 1.18. The minimum Gasteiger partial charge on any atom is -0.144 e. The fourth-order valence-corrected chi connectivity index (χ4v) is 6.10. The summed E-state index contributed by atoms with van der Waals surface area (Å²) in [5, 5.41) is 0. The van der Waals surface area contributed by atoms with E-state index in [1.807, 2.05) is 22.7 Å². The number of hydrogen-bond donors (Lipinski definition) is 0. The van der Waals surface area contributed by atoms with Crippen LogP contribution in [0.5, 0.6) is 0 Å². The van der Waals surface area contributed by atoms with Gasteiger partial charge in [0, 0.05) is 14.6 Å². The predicted octanol–water partition coefficient (Wildman–Crippen LogP) is 5.69. The van der Waals surface area contributed by atoms with Crippen LogP contribution in [0.3, 0.4) is 0 Å². The standard InChI is InChI=1S/C17H18S2Si/c1-20(2,3)17-12-11-16(19-17)15-10-9-14(18-15)13-7-5-4-6-8-13/h4-12H,1-3H3. The fourth-order valence-electron chi connectivity index (χ4n) is 2.10. The van der Waals surface area contributed by atoms with Crippen molar-refractivity contribution in [3.8, 4) is 20.2 Å². The van der Waals surface area contributed by atoms with Crippen LogP contribution in [0.25, 0.3) is 20.2 Å². The van der Waals surface area contributed by atoms with Crippen molar-refractivity contribution in [1.82, 2.24) is 0 Å². The highest BCUT2D eigenvalue weighted by Crippen LogP contribution is 2.36. The van der Waals surface area contributed by atoms with E-state index in [9.17, 15) is 0 Å². The van der Waals surface area contributed by atoms with Gasteiger partial charge in [-0.25, -0.2) is 0 Å². The van der Waals surface area contributed by atoms with Crippen molar-refractivity contribution >= 4 is 35.2 Å². The summed E-state index contributed by atoms with van der Waals surface area (Å²) < 4.78 is 1.59. The van der Waals surface area contributed by atoms with Gasteiger partial charge in [-0.15, -0.1) is 22.7 Å². The summed E-state index contributed by atoms with van der Waals surface area (Å²) >= 11 is 3.86. The molecule has 2 aromatic heterocycles. The third-order valence-corrected chi connectivity index (χ3v) is 9.27. The van der Waals surface area contributed by atoms with Crippen molar-refractivity contribution in [2.75, 3.05) is 0 Å². The highest BCUT2D eigenvalue weighted by Gasteiger charge is 2.19. The van der Waals surface area contributed by atoms with Crippen LogP contribution in [0.1, 0.15) is 0 Å². The first-order chi connectivity index (χ1) is 9.54. The van der Waals surface area contributed by atoms with Crippen molar-refractivity contribution in [3.05, 3.63) is 54.6 Å². The molecule has 20 heavy (non-hydrogen) atoms. The lowest BCUT2D eigenvalue weighted by Gasteiger charge is -2.12. The second-order valence-electron chi connectivity index (χ2n) is 5.94. The lowest BCUT2D eigenvalue weighted by molar-refractivity contribution is 1.70. The molecule has 0 saturated heterocycles. The molecule has 0 aliphatic carbocycles. The van der Waals surface area contributed by atoms with Crippen LogP contribution in [-0.2, 0) is 0 Å². The number of rotatable bonds is 3. The zero-order valence-electron chi connectivity index (χ0n) is 12.0. The van der Waals surface area contributed by atoms with Gasteiger partial charge in [0.1, 0.15) is 0 Å². The van der Waals surface area contributed by atoms with E-state index in [-0.39, 0.29) is 0 Å². The third kappa shape index (κ3) is 2.80. The van der Waals surface area contributed by atoms with Crippen LogP contribution < -0.4 is 4.50 Å². The average molecular weight is 315 g/mol. The van der Waals surface area contributed by atoms with Crippen molar-refractivity contribution in [3.63, 3.8) is 0 Å². The zero-order valence-corrected chi connectivity index (χ0v) is 14.6. The molecule has 2 heterocycles. The van der Waals surface area contributed by atoms with Crippen LogP contribution in [-0.4, -0.2) is 8.07 Å². The molecule has 0 radical (unpaired) electrons. The van der Waals surface area contributed by atoms with E-state index >= 15 is 0 Å². The van der Waals surface area contributed by atoms with Gasteiger partial charge < -0.3 is 0 Å². The zero-order chi connectivity index (χ0) is 14.2. The van der Waals surface area contributed by atoms with Gasteiger partial charge in [0.2, 0.25) is 0 Å². The molecule has 0 amide bonds. The normalized spacial score (nSPS) is 11.8. The maximum atomic E-state index is 2.41. The Bertz CT molecular complexity index is 702. The average Bonchev–Trinajstić information content (AvgIpc) is 3.08. The number of thiophene rings is 2. The van der Waals surface area contributed by atoms with E-state index in [0.717, 1.165) is 0 Å². The van der Waals surface area contributed by atoms with Crippen molar-refractivity contribution in [2.45, 2.75) is 19.6 Å². The summed E-state index contributed by atoms with van der Waals surface area (Å²) in [6.07, 6.45) is 0. The highest BCUT2D eigenvalue weighted by molar-refractivity contribution is 7.31. The SMILES string of the molecule is C[Si](C)(C)c1ccc(-c2ccc(-c3ccccc3)s2)s1. The Hall–Kier alpha value is -1.16. The Morgan fingerprint density at radius 3 is 1.90 bits per heavy atom. The topological polar surface area (TPSA) is 0 Å². The van der Waals surface area contributed by atoms with Gasteiger partial charge in [0.25, 0.3) is 0 Å². The molecule has 0 aliphatic rings. The van der Waals surface area contributed by atoms with Crippen LogP contribution in [0, 0.1) is 0 Å². The van der Waals surface area contributed by atoms with Crippen LogP contribution in [0.2, 0.25) is 19.6 Å². The summed E-state index contributed by atoms with van der Waals surface area (Å²) in [6.45, 7) is 7.23. The Labute approximate surface area is 129 Å². The molecule has 3 rings (SSSR count). The molecule has 3 heteroatoms. The maximum absolute atomic E-state index is 2.41. The molecule has 0 saturated carbocycles. The van der Waals surface area contributed by atoms with E-state index in [1.54, 1.807) is 4.50 Å². The van der Waals surface area contributed by atoms with Crippen molar-refractivity contribution in [2.24, 2.45) is 0 Å². The molecule has 0 bridgehead atoms. The van der Waals surface area contributed by atoms with Gasteiger partial charge in [0.05, 0.1) is 8.07 Å². The second kappa shape index (κ2) is 5.32. The molecule has 0 spiro atoms. The van der Waals surface area contributed by atoms with E-state index in [0.29, 0.717) is 0 Å². The van der Waals surface area contributed by atoms with Gasteiger partial charge in [-0.2, -0.15) is 0 Å². The molecule has 0 unspecified atom stereocenters. The van der Waals surface area contributed by atoms with Crippen LogP contribution in [0.4, 0.5) is 0 Å². The Morgan fingerprint density at radius 2 is 1.25 bits per heavy atom. The van der Waals surface area contributed by atoms with Crippen molar-refractivity contribution < 1.29 is 0 Å². The lowest BCUT2D eigenvalue weighted by atomic mass is 10.2. The molecule has 0 fully saturated rings. The van der Waals surface area contributed by atoms with Crippen LogP contribution >= 0.6 is 22.7 Å². The summed E-state index contributed by atoms with van der Waals surface area (Å²) in [7, 11) is -1.18. The lowest BCUT2D eigenvalue weighted by Crippen LogP contribution is -2.34. The molecule has 3 aromatic rings. The Balaban J connectivity index is 1.93. The van der Waals surface area contributed by atoms with Gasteiger partial charge in [-0.3, -0.25) is 0 Å². The Kier molecular flexibility index (Phi) is 3.67. The van der Waals surface area contributed by atoms with E-state index < -0.39 is 8.07 Å². The second-order valence-corrected chi connectivity index (χ2v) is 13.5. The Morgan fingerprint density at radius 1 is 0.650 bits per heavy atom. The predicted molar refractivity (Wildman–Crippen MR) is 96.0 cm³/mol. The van der Waals surface area contributed by atoms with E-state index in [2.05, 4.69) is 74.2 Å². The van der Waals surface area contributed by atoms with E-state index in [1.165, 1.54) is 20.2 Å². The van der Waals surface area contributed by atoms with Gasteiger partial charge in [0.15, 0.2) is 0 Å². The smallest absolute Gasteiger partial charge is 0.0904 e. The first-order valence-corrected chi connectivity index (χ1v) is 11.9. The third-order valence-electron chi connectivity index (χ3n) is 3.25. The van der Waals surface area contributed by atoms with Gasteiger partial charge >= 0.3 is 0 Å². The molecule has 0 N–H and O–H groups in total. The fraction of sp³-hybridized carbons (Fsp3) is 0.176. The van der Waals surface area contributed by atoms with Gasteiger partial charge in [-0.05, 0) is 28.3 Å². The minimum atomic E-state index is -1.18. The summed E-state index contributed by atoms with van der Waals surface area (Å²) in [5.41, 5.74) is 1.31. The summed E-state index contributed by atoms with van der Waals surface area (Å²) in [6, 6.07) is 19.7.